The third-order valence-electron chi connectivity index (χ3n) is 2.33. The lowest BCUT2D eigenvalue weighted by molar-refractivity contribution is 0.188. The highest BCUT2D eigenvalue weighted by molar-refractivity contribution is 5.74. The van der Waals surface area contributed by atoms with Crippen molar-refractivity contribution < 1.29 is 13.9 Å². The van der Waals surface area contributed by atoms with Crippen LogP contribution in [-0.4, -0.2) is 30.3 Å². The van der Waals surface area contributed by atoms with Gasteiger partial charge in [0, 0.05) is 6.61 Å². The number of hydrogen-bond donors (Lipinski definition) is 2. The number of hydrogen-bond acceptors (Lipinski definition) is 4. The summed E-state index contributed by atoms with van der Waals surface area (Å²) in [6, 6.07) is -0.0994. The second kappa shape index (κ2) is 4.98. The molecular weight excluding hydrogens is 210 g/mol. The molecule has 6 nitrogen and oxygen atoms in total. The Morgan fingerprint density at radius 1 is 1.69 bits per heavy atom. The van der Waals surface area contributed by atoms with Crippen molar-refractivity contribution in [2.24, 2.45) is 0 Å². The first-order chi connectivity index (χ1) is 7.74. The van der Waals surface area contributed by atoms with Gasteiger partial charge in [-0.1, -0.05) is 0 Å². The number of ether oxygens (including phenoxy) is 1. The molecule has 6 heteroatoms. The Bertz CT molecular complexity index is 358. The van der Waals surface area contributed by atoms with E-state index >= 15 is 0 Å². The van der Waals surface area contributed by atoms with Crippen molar-refractivity contribution in [2.45, 2.75) is 25.9 Å². The van der Waals surface area contributed by atoms with Gasteiger partial charge < -0.3 is 19.8 Å². The fourth-order valence-corrected chi connectivity index (χ4v) is 1.52. The summed E-state index contributed by atoms with van der Waals surface area (Å²) in [5.74, 6) is 1.25. The summed E-state index contributed by atoms with van der Waals surface area (Å²) in [6.45, 7) is 3.41. The Morgan fingerprint density at radius 3 is 3.19 bits per heavy atom. The smallest absolute Gasteiger partial charge is 0.315 e. The van der Waals surface area contributed by atoms with E-state index in [1.807, 2.05) is 6.92 Å². The maximum absolute atomic E-state index is 11.4. The molecule has 2 rings (SSSR count). The highest BCUT2D eigenvalue weighted by atomic mass is 16.5. The molecule has 1 aromatic rings. The van der Waals surface area contributed by atoms with Crippen molar-refractivity contribution in [3.05, 3.63) is 17.8 Å². The molecule has 1 aliphatic rings. The molecule has 0 bridgehead atoms. The van der Waals surface area contributed by atoms with Crippen molar-refractivity contribution in [1.29, 1.82) is 0 Å². The maximum Gasteiger partial charge on any atom is 0.315 e. The predicted molar refractivity (Wildman–Crippen MR) is 55.8 cm³/mol. The van der Waals surface area contributed by atoms with Crippen molar-refractivity contribution in [1.82, 2.24) is 15.6 Å². The number of nitrogens with zero attached hydrogens (tertiary/aromatic N) is 1. The number of oxazole rings is 1. The molecule has 1 aliphatic heterocycles. The van der Waals surface area contributed by atoms with Crippen molar-refractivity contribution in [3.63, 3.8) is 0 Å². The fraction of sp³-hybridized carbons (Fsp3) is 0.600. The highest BCUT2D eigenvalue weighted by Gasteiger charge is 2.17. The van der Waals surface area contributed by atoms with Gasteiger partial charge in [-0.2, -0.15) is 0 Å². The van der Waals surface area contributed by atoms with Gasteiger partial charge in [-0.3, -0.25) is 0 Å². The van der Waals surface area contributed by atoms with E-state index in [9.17, 15) is 4.79 Å². The van der Waals surface area contributed by atoms with Gasteiger partial charge >= 0.3 is 6.03 Å². The van der Waals surface area contributed by atoms with Crippen molar-refractivity contribution in [2.75, 3.05) is 13.2 Å². The Morgan fingerprint density at radius 2 is 2.56 bits per heavy atom. The van der Waals surface area contributed by atoms with Gasteiger partial charge in [0.05, 0.1) is 25.4 Å². The van der Waals surface area contributed by atoms with E-state index in [4.69, 9.17) is 9.15 Å². The van der Waals surface area contributed by atoms with Crippen molar-refractivity contribution >= 4 is 6.03 Å². The van der Waals surface area contributed by atoms with Crippen LogP contribution in [0, 0.1) is 6.92 Å². The molecule has 1 fully saturated rings. The average Bonchev–Trinajstić information content (AvgIpc) is 2.87. The van der Waals surface area contributed by atoms with Crippen LogP contribution in [0.3, 0.4) is 0 Å². The normalized spacial score (nSPS) is 19.7. The topological polar surface area (TPSA) is 76.4 Å². The Hall–Kier alpha value is -1.56. The van der Waals surface area contributed by atoms with Gasteiger partial charge in [0.2, 0.25) is 5.89 Å². The molecule has 1 aromatic heterocycles. The van der Waals surface area contributed by atoms with Gasteiger partial charge in [0.25, 0.3) is 0 Å². The second-order valence-corrected chi connectivity index (χ2v) is 3.75. The third kappa shape index (κ3) is 2.96. The van der Waals surface area contributed by atoms with E-state index < -0.39 is 0 Å². The van der Waals surface area contributed by atoms with Crippen LogP contribution in [0.25, 0.3) is 0 Å². The van der Waals surface area contributed by atoms with Gasteiger partial charge in [-0.15, -0.1) is 0 Å². The van der Waals surface area contributed by atoms with Gasteiger partial charge in [0.15, 0.2) is 0 Å². The third-order valence-corrected chi connectivity index (χ3v) is 2.33. The lowest BCUT2D eigenvalue weighted by Gasteiger charge is -2.10. The average molecular weight is 225 g/mol. The number of aromatic nitrogens is 1. The first-order valence-corrected chi connectivity index (χ1v) is 5.27. The minimum absolute atomic E-state index is 0.117. The molecular formula is C10H15N3O3. The van der Waals surface area contributed by atoms with E-state index in [-0.39, 0.29) is 12.1 Å². The minimum Gasteiger partial charge on any atom is -0.444 e. The van der Waals surface area contributed by atoms with Gasteiger partial charge in [0.1, 0.15) is 5.76 Å². The van der Waals surface area contributed by atoms with Crippen LogP contribution in [0.15, 0.2) is 10.6 Å². The van der Waals surface area contributed by atoms with E-state index in [1.54, 1.807) is 6.20 Å². The fourth-order valence-electron chi connectivity index (χ4n) is 1.52. The lowest BCUT2D eigenvalue weighted by atomic mass is 10.3. The SMILES string of the molecule is Cc1cnc(CNC(=O)NC2CCOC2)o1. The number of urea groups is 1. The van der Waals surface area contributed by atoms with E-state index in [0.29, 0.717) is 25.6 Å². The number of nitrogens with one attached hydrogen (secondary N) is 2. The van der Waals surface area contributed by atoms with Crippen LogP contribution < -0.4 is 10.6 Å². The Labute approximate surface area is 93.4 Å². The molecule has 2 amide bonds. The number of amides is 2. The largest absolute Gasteiger partial charge is 0.444 e. The molecule has 0 radical (unpaired) electrons. The second-order valence-electron chi connectivity index (χ2n) is 3.75. The summed E-state index contributed by atoms with van der Waals surface area (Å²) in [6.07, 6.45) is 2.49. The van der Waals surface area contributed by atoms with Crippen LogP contribution >= 0.6 is 0 Å². The zero-order valence-corrected chi connectivity index (χ0v) is 9.16. The summed E-state index contributed by atoms with van der Waals surface area (Å²) in [4.78, 5) is 15.4. The zero-order valence-electron chi connectivity index (χ0n) is 9.16. The number of carbonyl (C=O) groups is 1. The standard InChI is InChI=1S/C10H15N3O3/c1-7-4-11-9(16-7)5-12-10(14)13-8-2-3-15-6-8/h4,8H,2-3,5-6H2,1H3,(H2,12,13,14). The maximum atomic E-state index is 11.4. The number of rotatable bonds is 3. The lowest BCUT2D eigenvalue weighted by Crippen LogP contribution is -2.42. The predicted octanol–water partition coefficient (Wildman–Crippen LogP) is 0.571. The summed E-state index contributed by atoms with van der Waals surface area (Å²) >= 11 is 0. The number of aryl methyl sites for hydroxylation is 1. The quantitative estimate of drug-likeness (QED) is 0.788. The van der Waals surface area contributed by atoms with Crippen LogP contribution in [0.4, 0.5) is 4.79 Å². The molecule has 0 aromatic carbocycles. The Balaban J connectivity index is 1.71. The molecule has 88 valence electrons. The summed E-state index contributed by atoms with van der Waals surface area (Å²) < 4.78 is 10.4. The van der Waals surface area contributed by atoms with Crippen LogP contribution in [0.5, 0.6) is 0 Å². The van der Waals surface area contributed by atoms with Crippen LogP contribution in [0.1, 0.15) is 18.1 Å². The molecule has 1 unspecified atom stereocenters. The molecule has 1 saturated heterocycles. The zero-order chi connectivity index (χ0) is 11.4. The summed E-state index contributed by atoms with van der Waals surface area (Å²) in [7, 11) is 0. The highest BCUT2D eigenvalue weighted by Crippen LogP contribution is 2.03. The monoisotopic (exact) mass is 225 g/mol. The molecule has 2 N–H and O–H groups in total. The molecule has 16 heavy (non-hydrogen) atoms. The first kappa shape index (κ1) is 10.9. The van der Waals surface area contributed by atoms with Gasteiger partial charge in [-0.05, 0) is 13.3 Å². The van der Waals surface area contributed by atoms with E-state index in [2.05, 4.69) is 15.6 Å². The molecule has 1 atom stereocenters. The van der Waals surface area contributed by atoms with E-state index in [1.165, 1.54) is 0 Å². The van der Waals surface area contributed by atoms with Crippen LogP contribution in [-0.2, 0) is 11.3 Å². The Kier molecular flexibility index (Phi) is 3.40. The van der Waals surface area contributed by atoms with Crippen LogP contribution in [0.2, 0.25) is 0 Å². The van der Waals surface area contributed by atoms with Gasteiger partial charge in [-0.25, -0.2) is 9.78 Å². The molecule has 0 spiro atoms. The summed E-state index contributed by atoms with van der Waals surface area (Å²) in [5.41, 5.74) is 0. The summed E-state index contributed by atoms with van der Waals surface area (Å²) in [5, 5.41) is 5.49. The molecule has 0 aliphatic carbocycles. The molecule has 0 saturated carbocycles. The first-order valence-electron chi connectivity index (χ1n) is 5.27. The molecule has 2 heterocycles. The minimum atomic E-state index is -0.216. The van der Waals surface area contributed by atoms with Crippen molar-refractivity contribution in [3.8, 4) is 0 Å². The van der Waals surface area contributed by atoms with E-state index in [0.717, 1.165) is 12.2 Å². The number of carbonyl (C=O) groups excluding carboxylic acids is 1.